The molecule has 1 heterocycles. The van der Waals surface area contributed by atoms with Crippen LogP contribution in [0.3, 0.4) is 0 Å². The largest absolute Gasteiger partial charge is 0.464 e. The zero-order chi connectivity index (χ0) is 10.7. The lowest BCUT2D eigenvalue weighted by molar-refractivity contribution is 0.0581. The van der Waals surface area contributed by atoms with E-state index in [2.05, 4.69) is 25.7 Å². The third kappa shape index (κ3) is 2.25. The minimum Gasteiger partial charge on any atom is -0.464 e. The van der Waals surface area contributed by atoms with E-state index in [4.69, 9.17) is 0 Å². The molecule has 0 saturated carbocycles. The molecule has 0 spiro atoms. The van der Waals surface area contributed by atoms with Crippen LogP contribution in [0.5, 0.6) is 0 Å². The van der Waals surface area contributed by atoms with Gasteiger partial charge in [0.05, 0.1) is 12.7 Å². The molecule has 0 bridgehead atoms. The third-order valence-electron chi connectivity index (χ3n) is 1.50. The molecule has 0 aliphatic carbocycles. The number of carbonyl (C=O) groups is 1. The van der Waals surface area contributed by atoms with Gasteiger partial charge in [0, 0.05) is 10.7 Å². The van der Waals surface area contributed by atoms with Gasteiger partial charge >= 0.3 is 5.97 Å². The Morgan fingerprint density at radius 3 is 2.79 bits per heavy atom. The maximum atomic E-state index is 12.4. The van der Waals surface area contributed by atoms with Crippen LogP contribution in [0.4, 0.5) is 8.78 Å². The average Bonchev–Trinajstić information content (AvgIpc) is 2.16. The number of pyridine rings is 1. The molecule has 0 fully saturated rings. The number of hydrogen-bond donors (Lipinski definition) is 0. The van der Waals surface area contributed by atoms with Crippen molar-refractivity contribution in [3.63, 3.8) is 0 Å². The molecule has 76 valence electrons. The van der Waals surface area contributed by atoms with Crippen molar-refractivity contribution < 1.29 is 18.3 Å². The normalized spacial score (nSPS) is 10.4. The summed E-state index contributed by atoms with van der Waals surface area (Å²) in [6.07, 6.45) is -1.49. The Morgan fingerprint density at radius 2 is 2.29 bits per heavy atom. The number of methoxy groups -OCH3 is 1. The van der Waals surface area contributed by atoms with Crippen molar-refractivity contribution in [2.45, 2.75) is 6.43 Å². The molecule has 6 heteroatoms. The first kappa shape index (κ1) is 11.0. The molecule has 3 nitrogen and oxygen atoms in total. The van der Waals surface area contributed by atoms with Gasteiger partial charge in [-0.15, -0.1) is 0 Å². The van der Waals surface area contributed by atoms with Crippen molar-refractivity contribution in [3.8, 4) is 0 Å². The molecule has 0 atom stereocenters. The van der Waals surface area contributed by atoms with Crippen LogP contribution in [-0.4, -0.2) is 18.1 Å². The molecule has 0 radical (unpaired) electrons. The molecular weight excluding hydrogens is 260 g/mol. The Hall–Kier alpha value is -1.04. The molecule has 0 saturated heterocycles. The zero-order valence-electron chi connectivity index (χ0n) is 7.13. The fourth-order valence-corrected chi connectivity index (χ4v) is 1.24. The summed E-state index contributed by atoms with van der Waals surface area (Å²) < 4.78 is 29.6. The summed E-state index contributed by atoms with van der Waals surface area (Å²) >= 11 is 2.99. The minimum atomic E-state index is -2.76. The van der Waals surface area contributed by atoms with Crippen LogP contribution < -0.4 is 0 Å². The van der Waals surface area contributed by atoms with Gasteiger partial charge in [-0.1, -0.05) is 0 Å². The number of nitrogens with zero attached hydrogens (tertiary/aromatic N) is 1. The van der Waals surface area contributed by atoms with E-state index in [0.717, 1.165) is 13.2 Å². The Balaban J connectivity index is 3.21. The van der Waals surface area contributed by atoms with Crippen LogP contribution >= 0.6 is 15.9 Å². The fraction of sp³-hybridized carbons (Fsp3) is 0.250. The van der Waals surface area contributed by atoms with Gasteiger partial charge in [-0.3, -0.25) is 0 Å². The Kier molecular flexibility index (Phi) is 3.51. The van der Waals surface area contributed by atoms with Gasteiger partial charge in [0.1, 0.15) is 0 Å². The van der Waals surface area contributed by atoms with Crippen LogP contribution in [0, 0.1) is 0 Å². The minimum absolute atomic E-state index is 0.356. The maximum absolute atomic E-state index is 12.4. The number of aromatic nitrogens is 1. The molecule has 0 aromatic carbocycles. The van der Waals surface area contributed by atoms with E-state index in [9.17, 15) is 13.6 Å². The van der Waals surface area contributed by atoms with E-state index in [1.165, 1.54) is 6.20 Å². The average molecular weight is 266 g/mol. The second-order valence-electron chi connectivity index (χ2n) is 2.38. The number of esters is 1. The first-order valence-electron chi connectivity index (χ1n) is 3.58. The van der Waals surface area contributed by atoms with Gasteiger partial charge in [0.2, 0.25) is 0 Å². The van der Waals surface area contributed by atoms with E-state index in [1.807, 2.05) is 0 Å². The van der Waals surface area contributed by atoms with Gasteiger partial charge < -0.3 is 4.74 Å². The quantitative estimate of drug-likeness (QED) is 0.772. The molecule has 0 amide bonds. The van der Waals surface area contributed by atoms with Crippen molar-refractivity contribution in [1.82, 2.24) is 4.98 Å². The third-order valence-corrected chi connectivity index (χ3v) is 1.93. The van der Waals surface area contributed by atoms with Gasteiger partial charge in [-0.05, 0) is 22.0 Å². The van der Waals surface area contributed by atoms with Gasteiger partial charge in [0.15, 0.2) is 5.69 Å². The Labute approximate surface area is 87.2 Å². The highest BCUT2D eigenvalue weighted by Crippen LogP contribution is 2.24. The highest BCUT2D eigenvalue weighted by Gasteiger charge is 2.20. The van der Waals surface area contributed by atoms with E-state index in [-0.39, 0.29) is 5.69 Å². The first-order valence-corrected chi connectivity index (χ1v) is 4.37. The molecule has 0 unspecified atom stereocenters. The highest BCUT2D eigenvalue weighted by molar-refractivity contribution is 9.10. The lowest BCUT2D eigenvalue weighted by atomic mass is 10.2. The van der Waals surface area contributed by atoms with E-state index in [0.29, 0.717) is 4.47 Å². The lowest BCUT2D eigenvalue weighted by Gasteiger charge is -2.05. The molecule has 14 heavy (non-hydrogen) atoms. The molecule has 0 aliphatic rings. The second kappa shape index (κ2) is 4.45. The highest BCUT2D eigenvalue weighted by atomic mass is 79.9. The van der Waals surface area contributed by atoms with Crippen LogP contribution in [0.25, 0.3) is 0 Å². The van der Waals surface area contributed by atoms with Crippen molar-refractivity contribution in [3.05, 3.63) is 28.0 Å². The van der Waals surface area contributed by atoms with Crippen molar-refractivity contribution in [1.29, 1.82) is 0 Å². The maximum Gasteiger partial charge on any atom is 0.357 e. The summed E-state index contributed by atoms with van der Waals surface area (Å²) in [6.45, 7) is 0. The summed E-state index contributed by atoms with van der Waals surface area (Å²) in [4.78, 5) is 14.6. The molecular formula is C8H6BrF2NO2. The number of carbonyl (C=O) groups excluding carboxylic acids is 1. The van der Waals surface area contributed by atoms with Gasteiger partial charge in [-0.25, -0.2) is 18.6 Å². The Bertz CT molecular complexity index is 357. The smallest absolute Gasteiger partial charge is 0.357 e. The summed E-state index contributed by atoms with van der Waals surface area (Å²) in [6, 6.07) is 1.14. The van der Waals surface area contributed by atoms with Crippen LogP contribution in [0.2, 0.25) is 0 Å². The first-order chi connectivity index (χ1) is 6.56. The number of alkyl halides is 2. The predicted molar refractivity (Wildman–Crippen MR) is 48.2 cm³/mol. The summed E-state index contributed by atoms with van der Waals surface area (Å²) in [5.41, 5.74) is -0.795. The molecule has 0 N–H and O–H groups in total. The standard InChI is InChI=1S/C8H6BrF2NO2/c1-14-8(13)6-5(7(10)11)2-4(9)3-12-6/h2-3,7H,1H3. The summed E-state index contributed by atoms with van der Waals surface area (Å²) in [5.74, 6) is -0.868. The second-order valence-corrected chi connectivity index (χ2v) is 3.30. The number of halogens is 3. The number of rotatable bonds is 2. The van der Waals surface area contributed by atoms with Crippen molar-refractivity contribution in [2.75, 3.05) is 7.11 Å². The number of ether oxygens (including phenoxy) is 1. The summed E-state index contributed by atoms with van der Waals surface area (Å²) in [7, 11) is 1.11. The Morgan fingerprint density at radius 1 is 1.64 bits per heavy atom. The topological polar surface area (TPSA) is 39.2 Å². The zero-order valence-corrected chi connectivity index (χ0v) is 8.72. The predicted octanol–water partition coefficient (Wildman–Crippen LogP) is 2.57. The number of hydrogen-bond acceptors (Lipinski definition) is 3. The van der Waals surface area contributed by atoms with E-state index < -0.39 is 18.0 Å². The van der Waals surface area contributed by atoms with Crippen LogP contribution in [0.1, 0.15) is 22.5 Å². The van der Waals surface area contributed by atoms with Crippen LogP contribution in [-0.2, 0) is 4.74 Å². The van der Waals surface area contributed by atoms with Gasteiger partial charge in [0.25, 0.3) is 6.43 Å². The van der Waals surface area contributed by atoms with E-state index in [1.54, 1.807) is 0 Å². The molecule has 1 aromatic heterocycles. The SMILES string of the molecule is COC(=O)c1ncc(Br)cc1C(F)F. The monoisotopic (exact) mass is 265 g/mol. The summed E-state index contributed by atoms with van der Waals surface area (Å²) in [5, 5.41) is 0. The lowest BCUT2D eigenvalue weighted by Crippen LogP contribution is -2.08. The van der Waals surface area contributed by atoms with Gasteiger partial charge in [-0.2, -0.15) is 0 Å². The molecule has 1 aromatic rings. The fourth-order valence-electron chi connectivity index (χ4n) is 0.889. The van der Waals surface area contributed by atoms with E-state index >= 15 is 0 Å². The van der Waals surface area contributed by atoms with Crippen molar-refractivity contribution in [2.24, 2.45) is 0 Å². The molecule has 1 rings (SSSR count). The molecule has 0 aliphatic heterocycles. The van der Waals surface area contributed by atoms with Crippen LogP contribution in [0.15, 0.2) is 16.7 Å². The van der Waals surface area contributed by atoms with Crippen molar-refractivity contribution >= 4 is 21.9 Å².